The third kappa shape index (κ3) is 0.967. The fraction of sp³-hybridized carbons (Fsp3) is 0.900. The highest BCUT2D eigenvalue weighted by molar-refractivity contribution is 5.93. The van der Waals surface area contributed by atoms with Gasteiger partial charge in [0.2, 0.25) is 0 Å². The van der Waals surface area contributed by atoms with Gasteiger partial charge in [0.15, 0.2) is 5.03 Å². The molecule has 0 aliphatic heterocycles. The molecule has 4 heteroatoms. The average Bonchev–Trinajstić information content (AvgIpc) is 2.35. The predicted octanol–water partition coefficient (Wildman–Crippen LogP) is 2.47. The molecule has 0 N–H and O–H groups in total. The molecule has 2 aliphatic rings. The highest BCUT2D eigenvalue weighted by Gasteiger charge is 2.61. The number of hydrogen-bond acceptors (Lipinski definition) is 2. The summed E-state index contributed by atoms with van der Waals surface area (Å²) < 4.78 is 0. The van der Waals surface area contributed by atoms with Gasteiger partial charge >= 0.3 is 0 Å². The minimum atomic E-state index is -0.544. The van der Waals surface area contributed by atoms with E-state index < -0.39 is 5.03 Å². The van der Waals surface area contributed by atoms with Gasteiger partial charge in [-0.3, -0.25) is 0 Å². The molecule has 0 heterocycles. The van der Waals surface area contributed by atoms with Gasteiger partial charge in [-0.05, 0) is 30.6 Å². The summed E-state index contributed by atoms with van der Waals surface area (Å²) in [7, 11) is 0. The fourth-order valence-corrected chi connectivity index (χ4v) is 3.18. The van der Waals surface area contributed by atoms with E-state index in [9.17, 15) is 10.1 Å². The Morgan fingerprint density at radius 3 is 2.50 bits per heavy atom. The first-order valence-electron chi connectivity index (χ1n) is 5.10. The Kier molecular flexibility index (Phi) is 1.75. The first-order chi connectivity index (χ1) is 6.38. The minimum Gasteiger partial charge on any atom is -0.233 e. The normalized spacial score (nSPS) is 41.9. The van der Waals surface area contributed by atoms with Crippen LogP contribution in [0.1, 0.15) is 40.0 Å². The van der Waals surface area contributed by atoms with E-state index >= 15 is 0 Å². The van der Waals surface area contributed by atoms with Gasteiger partial charge < -0.3 is 0 Å². The third-order valence-corrected chi connectivity index (χ3v) is 4.71. The monoisotopic (exact) mass is 196 g/mol. The maximum Gasteiger partial charge on any atom is 0.190 e. The lowest BCUT2D eigenvalue weighted by Gasteiger charge is -2.33. The molecular weight excluding hydrogens is 180 g/mol. The van der Waals surface area contributed by atoms with Crippen LogP contribution in [-0.4, -0.2) is 10.7 Å². The molecular formula is C10H16N2O2. The number of nitro groups is 1. The van der Waals surface area contributed by atoms with Gasteiger partial charge in [0.05, 0.1) is 10.8 Å². The second-order valence-electron chi connectivity index (χ2n) is 5.28. The van der Waals surface area contributed by atoms with E-state index in [-0.39, 0.29) is 10.8 Å². The number of fused-ring (bicyclic) bond motifs is 2. The van der Waals surface area contributed by atoms with E-state index in [1.807, 2.05) is 0 Å². The van der Waals surface area contributed by atoms with Crippen molar-refractivity contribution < 1.29 is 5.03 Å². The second kappa shape index (κ2) is 2.55. The SMILES string of the molecule is CC1(C)[C@@H]2CC[C@@]1(C)C(=N[N+](=O)[O-])C2. The molecule has 0 amide bonds. The van der Waals surface area contributed by atoms with Crippen molar-refractivity contribution in [1.29, 1.82) is 0 Å². The Bertz CT molecular complexity index is 322. The summed E-state index contributed by atoms with van der Waals surface area (Å²) in [4.78, 5) is 10.4. The van der Waals surface area contributed by atoms with Gasteiger partial charge in [0.1, 0.15) is 0 Å². The van der Waals surface area contributed by atoms with E-state index in [1.54, 1.807) is 0 Å². The zero-order chi connectivity index (χ0) is 10.6. The molecule has 78 valence electrons. The van der Waals surface area contributed by atoms with Gasteiger partial charge in [-0.2, -0.15) is 0 Å². The van der Waals surface area contributed by atoms with E-state index in [4.69, 9.17) is 0 Å². The summed E-state index contributed by atoms with van der Waals surface area (Å²) in [6.45, 7) is 6.56. The molecule has 0 aromatic rings. The van der Waals surface area contributed by atoms with E-state index in [0.29, 0.717) is 5.92 Å². The van der Waals surface area contributed by atoms with Gasteiger partial charge in [0, 0.05) is 5.41 Å². The Balaban J connectivity index is 2.41. The van der Waals surface area contributed by atoms with E-state index in [1.165, 1.54) is 6.42 Å². The number of nitrogens with zero attached hydrogens (tertiary/aromatic N) is 2. The number of rotatable bonds is 1. The summed E-state index contributed by atoms with van der Waals surface area (Å²) in [5.41, 5.74) is 0.954. The van der Waals surface area contributed by atoms with Gasteiger partial charge in [0.25, 0.3) is 0 Å². The Morgan fingerprint density at radius 1 is 1.50 bits per heavy atom. The molecule has 2 aliphatic carbocycles. The number of hydrogen-bond donors (Lipinski definition) is 0. The molecule has 2 saturated carbocycles. The summed E-state index contributed by atoms with van der Waals surface area (Å²) in [6, 6.07) is 0. The van der Waals surface area contributed by atoms with Crippen LogP contribution in [0.5, 0.6) is 0 Å². The van der Waals surface area contributed by atoms with Crippen molar-refractivity contribution in [1.82, 2.24) is 0 Å². The lowest BCUT2D eigenvalue weighted by Crippen LogP contribution is -2.32. The van der Waals surface area contributed by atoms with Crippen LogP contribution in [0.4, 0.5) is 0 Å². The van der Waals surface area contributed by atoms with Crippen LogP contribution in [0.25, 0.3) is 0 Å². The first kappa shape index (κ1) is 9.62. The predicted molar refractivity (Wildman–Crippen MR) is 53.7 cm³/mol. The Hall–Kier alpha value is -0.930. The van der Waals surface area contributed by atoms with Crippen molar-refractivity contribution in [3.8, 4) is 0 Å². The molecule has 2 fully saturated rings. The molecule has 0 aromatic heterocycles. The highest BCUT2D eigenvalue weighted by Crippen LogP contribution is 2.63. The Morgan fingerprint density at radius 2 is 2.14 bits per heavy atom. The quantitative estimate of drug-likeness (QED) is 0.478. The van der Waals surface area contributed by atoms with Gasteiger partial charge in [-0.1, -0.05) is 20.8 Å². The number of hydrazone groups is 1. The molecule has 2 atom stereocenters. The van der Waals surface area contributed by atoms with Crippen molar-refractivity contribution in [2.45, 2.75) is 40.0 Å². The van der Waals surface area contributed by atoms with Crippen LogP contribution >= 0.6 is 0 Å². The molecule has 0 radical (unpaired) electrons. The molecule has 14 heavy (non-hydrogen) atoms. The highest BCUT2D eigenvalue weighted by atomic mass is 16.7. The Labute approximate surface area is 83.5 Å². The molecule has 2 rings (SSSR count). The molecule has 2 bridgehead atoms. The molecule has 0 spiro atoms. The molecule has 4 nitrogen and oxygen atoms in total. The van der Waals surface area contributed by atoms with Gasteiger partial charge in [-0.15, -0.1) is 0 Å². The topological polar surface area (TPSA) is 55.5 Å². The van der Waals surface area contributed by atoms with Crippen molar-refractivity contribution in [3.63, 3.8) is 0 Å². The van der Waals surface area contributed by atoms with Crippen LogP contribution in [-0.2, 0) is 0 Å². The summed E-state index contributed by atoms with van der Waals surface area (Å²) in [5, 5.41) is 13.4. The standard InChI is InChI=1S/C10H16N2O2/c1-9(2)7-4-5-10(9,3)8(6-7)11-12(13)14/h7H,4-6H2,1-3H3/t7-,10+/m1/s1. The summed E-state index contributed by atoms with van der Waals surface area (Å²) in [6.07, 6.45) is 3.07. The van der Waals surface area contributed by atoms with Crippen LogP contribution in [0.15, 0.2) is 5.10 Å². The third-order valence-electron chi connectivity index (χ3n) is 4.71. The van der Waals surface area contributed by atoms with Crippen LogP contribution in [0.3, 0.4) is 0 Å². The van der Waals surface area contributed by atoms with E-state index in [0.717, 1.165) is 18.6 Å². The zero-order valence-electron chi connectivity index (χ0n) is 8.91. The van der Waals surface area contributed by atoms with Crippen LogP contribution in [0, 0.1) is 26.9 Å². The van der Waals surface area contributed by atoms with Gasteiger partial charge in [-0.25, -0.2) is 10.1 Å². The average molecular weight is 196 g/mol. The lowest BCUT2D eigenvalue weighted by atomic mass is 9.70. The zero-order valence-corrected chi connectivity index (χ0v) is 8.91. The smallest absolute Gasteiger partial charge is 0.190 e. The minimum absolute atomic E-state index is 0.0370. The van der Waals surface area contributed by atoms with E-state index in [2.05, 4.69) is 25.9 Å². The van der Waals surface area contributed by atoms with Crippen molar-refractivity contribution in [2.24, 2.45) is 21.8 Å². The van der Waals surface area contributed by atoms with Crippen LogP contribution in [0.2, 0.25) is 0 Å². The van der Waals surface area contributed by atoms with Crippen molar-refractivity contribution in [3.05, 3.63) is 10.1 Å². The lowest BCUT2D eigenvalue weighted by molar-refractivity contribution is -0.485. The molecule has 0 unspecified atom stereocenters. The molecule has 0 aromatic carbocycles. The van der Waals surface area contributed by atoms with Crippen LogP contribution < -0.4 is 0 Å². The second-order valence-corrected chi connectivity index (χ2v) is 5.28. The van der Waals surface area contributed by atoms with Crippen molar-refractivity contribution >= 4 is 5.71 Å². The maximum atomic E-state index is 10.4. The summed E-state index contributed by atoms with van der Waals surface area (Å²) >= 11 is 0. The van der Waals surface area contributed by atoms with Crippen molar-refractivity contribution in [2.75, 3.05) is 0 Å². The maximum absolute atomic E-state index is 10.4. The fourth-order valence-electron chi connectivity index (χ4n) is 3.18. The first-order valence-corrected chi connectivity index (χ1v) is 5.10. The summed E-state index contributed by atoms with van der Waals surface area (Å²) in [5.74, 6) is 0.589. The molecule has 0 saturated heterocycles. The largest absolute Gasteiger partial charge is 0.233 e.